The number of halogens is 6. The monoisotopic (exact) mass is 476 g/mol. The molecule has 3 heterocycles. The topological polar surface area (TPSA) is 116 Å². The number of amides is 1. The van der Waals surface area contributed by atoms with Gasteiger partial charge in [0.1, 0.15) is 0 Å². The highest BCUT2D eigenvalue weighted by molar-refractivity contribution is 5.77. The van der Waals surface area contributed by atoms with Crippen LogP contribution in [0.2, 0.25) is 0 Å². The zero-order valence-corrected chi connectivity index (χ0v) is 17.0. The van der Waals surface area contributed by atoms with Crippen LogP contribution in [0.4, 0.5) is 26.3 Å². The number of alkyl halides is 6. The van der Waals surface area contributed by atoms with Gasteiger partial charge in [0.25, 0.3) is 0 Å². The first-order chi connectivity index (χ1) is 14.5. The maximum atomic E-state index is 11.7. The number of carboxylic acids is 2. The number of carboxylic acid groups (broad SMARTS) is 2. The molecule has 2 aliphatic heterocycles. The van der Waals surface area contributed by atoms with Crippen LogP contribution in [-0.4, -0.2) is 85.7 Å². The van der Waals surface area contributed by atoms with E-state index < -0.39 is 24.3 Å². The van der Waals surface area contributed by atoms with Gasteiger partial charge in [-0.25, -0.2) is 9.59 Å². The van der Waals surface area contributed by atoms with Crippen LogP contribution in [0.5, 0.6) is 0 Å². The number of fused-ring (bicyclic) bond motifs is 1. The molecular weight excluding hydrogens is 454 g/mol. The summed E-state index contributed by atoms with van der Waals surface area (Å²) in [4.78, 5) is 34.0. The van der Waals surface area contributed by atoms with Gasteiger partial charge in [0.15, 0.2) is 0 Å². The van der Waals surface area contributed by atoms with Crippen LogP contribution in [0.3, 0.4) is 0 Å². The Morgan fingerprint density at radius 3 is 1.94 bits per heavy atom. The minimum absolute atomic E-state index is 0.305. The third kappa shape index (κ3) is 8.01. The Hall–Kier alpha value is -2.84. The lowest BCUT2D eigenvalue weighted by Crippen LogP contribution is -2.50. The van der Waals surface area contributed by atoms with Gasteiger partial charge < -0.3 is 15.1 Å². The highest BCUT2D eigenvalue weighted by Crippen LogP contribution is 2.31. The van der Waals surface area contributed by atoms with E-state index in [-0.39, 0.29) is 0 Å². The summed E-state index contributed by atoms with van der Waals surface area (Å²) in [6.07, 6.45) is -3.35. The number of carbonyl (C=O) groups excluding carboxylic acids is 1. The van der Waals surface area contributed by atoms with Gasteiger partial charge in [0.05, 0.1) is 6.20 Å². The van der Waals surface area contributed by atoms with Gasteiger partial charge in [0, 0.05) is 57.4 Å². The zero-order chi connectivity index (χ0) is 24.9. The molecule has 2 atom stereocenters. The molecule has 1 aromatic heterocycles. The van der Waals surface area contributed by atoms with Crippen LogP contribution < -0.4 is 0 Å². The Morgan fingerprint density at radius 2 is 1.53 bits per heavy atom. The molecule has 0 aromatic carbocycles. The summed E-state index contributed by atoms with van der Waals surface area (Å²) in [6.45, 7) is 2.04. The van der Waals surface area contributed by atoms with Crippen LogP contribution in [0.25, 0.3) is 0 Å². The first kappa shape index (κ1) is 27.2. The molecule has 0 spiro atoms. The molecule has 0 aliphatic carbocycles. The summed E-state index contributed by atoms with van der Waals surface area (Å²) in [5, 5.41) is 18.5. The van der Waals surface area contributed by atoms with Crippen LogP contribution in [0, 0.1) is 0 Å². The van der Waals surface area contributed by atoms with Crippen LogP contribution in [0.1, 0.15) is 24.8 Å². The molecule has 2 aliphatic rings. The van der Waals surface area contributed by atoms with Crippen molar-refractivity contribution in [2.24, 2.45) is 7.05 Å². The molecule has 15 heteroatoms. The van der Waals surface area contributed by atoms with E-state index in [9.17, 15) is 31.1 Å². The molecule has 0 radical (unpaired) electrons. The van der Waals surface area contributed by atoms with E-state index >= 15 is 0 Å². The standard InChI is InChI=1S/C13H20N4O.2C2HF3O2/c1-15-8-10(7-14-15)9-17-6-5-11-12(17)3-4-13(18)16(11)2;2*3-2(4,5)1(6)7/h7-8,11-12H,3-6,9H2,1-2H3;2*(H,6,7)/t11-,12-;;/m1../s1. The molecular formula is C17H22F6N4O5. The van der Waals surface area contributed by atoms with Crippen LogP contribution in [0.15, 0.2) is 12.4 Å². The number of piperidine rings is 1. The Balaban J connectivity index is 0.000000305. The van der Waals surface area contributed by atoms with Gasteiger partial charge in [-0.3, -0.25) is 14.4 Å². The molecule has 182 valence electrons. The lowest BCUT2D eigenvalue weighted by atomic mass is 9.97. The second-order valence-corrected chi connectivity index (χ2v) is 7.07. The zero-order valence-electron chi connectivity index (χ0n) is 17.0. The van der Waals surface area contributed by atoms with E-state index in [2.05, 4.69) is 16.2 Å². The number of aliphatic carboxylic acids is 2. The smallest absolute Gasteiger partial charge is 0.475 e. The minimum atomic E-state index is -5.08. The number of likely N-dealkylation sites (N-methyl/N-ethyl adjacent to an activating group) is 1. The van der Waals surface area contributed by atoms with Crippen molar-refractivity contribution in [1.29, 1.82) is 0 Å². The van der Waals surface area contributed by atoms with Crippen molar-refractivity contribution in [3.8, 4) is 0 Å². The normalized spacial score (nSPS) is 21.1. The van der Waals surface area contributed by atoms with E-state index in [0.717, 1.165) is 25.9 Å². The van der Waals surface area contributed by atoms with Crippen molar-refractivity contribution in [2.75, 3.05) is 13.6 Å². The first-order valence-corrected chi connectivity index (χ1v) is 9.11. The van der Waals surface area contributed by atoms with Crippen LogP contribution >= 0.6 is 0 Å². The number of rotatable bonds is 2. The van der Waals surface area contributed by atoms with Gasteiger partial charge >= 0.3 is 24.3 Å². The van der Waals surface area contributed by atoms with Crippen molar-refractivity contribution in [3.63, 3.8) is 0 Å². The molecule has 1 aromatic rings. The molecule has 9 nitrogen and oxygen atoms in total. The van der Waals surface area contributed by atoms with Gasteiger partial charge in [-0.1, -0.05) is 0 Å². The van der Waals surface area contributed by atoms with Crippen molar-refractivity contribution in [3.05, 3.63) is 18.0 Å². The Bertz CT molecular complexity index is 786. The maximum absolute atomic E-state index is 11.7. The summed E-state index contributed by atoms with van der Waals surface area (Å²) in [6, 6.07) is 0.954. The average Bonchev–Trinajstić information content (AvgIpc) is 3.24. The summed E-state index contributed by atoms with van der Waals surface area (Å²) in [5.41, 5.74) is 1.26. The summed E-state index contributed by atoms with van der Waals surface area (Å²) in [5.74, 6) is -5.21. The molecule has 32 heavy (non-hydrogen) atoms. The predicted octanol–water partition coefficient (Wildman–Crippen LogP) is 1.88. The van der Waals surface area contributed by atoms with E-state index in [0.29, 0.717) is 24.4 Å². The number of hydrogen-bond acceptors (Lipinski definition) is 5. The summed E-state index contributed by atoms with van der Waals surface area (Å²) < 4.78 is 65.3. The second-order valence-electron chi connectivity index (χ2n) is 7.07. The number of nitrogens with zero attached hydrogens (tertiary/aromatic N) is 4. The Labute approximate surface area is 178 Å². The Morgan fingerprint density at radius 1 is 1.03 bits per heavy atom. The third-order valence-electron chi connectivity index (χ3n) is 4.80. The van der Waals surface area contributed by atoms with Gasteiger partial charge in [-0.2, -0.15) is 31.4 Å². The van der Waals surface area contributed by atoms with E-state index in [4.69, 9.17) is 19.8 Å². The lowest BCUT2D eigenvalue weighted by molar-refractivity contribution is -0.193. The van der Waals surface area contributed by atoms with Crippen LogP contribution in [-0.2, 0) is 28.0 Å². The van der Waals surface area contributed by atoms with Gasteiger partial charge in [0.2, 0.25) is 5.91 Å². The molecule has 2 saturated heterocycles. The van der Waals surface area contributed by atoms with Gasteiger partial charge in [-0.15, -0.1) is 0 Å². The Kier molecular flexibility index (Phi) is 9.05. The summed E-state index contributed by atoms with van der Waals surface area (Å²) >= 11 is 0. The first-order valence-electron chi connectivity index (χ1n) is 9.11. The molecule has 0 bridgehead atoms. The average molecular weight is 476 g/mol. The van der Waals surface area contributed by atoms with E-state index in [1.807, 2.05) is 29.9 Å². The maximum Gasteiger partial charge on any atom is 0.490 e. The number of hydrogen-bond donors (Lipinski definition) is 2. The molecule has 2 fully saturated rings. The minimum Gasteiger partial charge on any atom is -0.475 e. The third-order valence-corrected chi connectivity index (χ3v) is 4.80. The number of carbonyl (C=O) groups is 3. The number of aryl methyl sites for hydroxylation is 1. The highest BCUT2D eigenvalue weighted by atomic mass is 19.4. The molecule has 0 saturated carbocycles. The highest BCUT2D eigenvalue weighted by Gasteiger charge is 2.41. The quantitative estimate of drug-likeness (QED) is 0.627. The van der Waals surface area contributed by atoms with Crippen molar-refractivity contribution in [2.45, 2.75) is 50.2 Å². The van der Waals surface area contributed by atoms with Gasteiger partial charge in [-0.05, 0) is 12.8 Å². The lowest BCUT2D eigenvalue weighted by Gasteiger charge is -2.37. The fourth-order valence-corrected chi connectivity index (χ4v) is 3.34. The molecule has 3 rings (SSSR count). The van der Waals surface area contributed by atoms with E-state index in [1.165, 1.54) is 5.56 Å². The fraction of sp³-hybridized carbons (Fsp3) is 0.647. The number of likely N-dealkylation sites (tertiary alicyclic amines) is 2. The molecule has 0 unspecified atom stereocenters. The van der Waals surface area contributed by atoms with E-state index in [1.54, 1.807) is 0 Å². The predicted molar refractivity (Wildman–Crippen MR) is 95.2 cm³/mol. The molecule has 1 amide bonds. The van der Waals surface area contributed by atoms with Crippen molar-refractivity contribution in [1.82, 2.24) is 19.6 Å². The fourth-order valence-electron chi connectivity index (χ4n) is 3.34. The molecule has 2 N–H and O–H groups in total. The summed E-state index contributed by atoms with van der Waals surface area (Å²) in [7, 11) is 3.90. The van der Waals surface area contributed by atoms with Crippen molar-refractivity contribution >= 4 is 17.8 Å². The van der Waals surface area contributed by atoms with Crippen molar-refractivity contribution < 1.29 is 50.9 Å². The number of aromatic nitrogens is 2. The second kappa shape index (κ2) is 10.7. The SMILES string of the molecule is CN1C(=O)CC[C@@H]2[C@H]1CCN2Cc1cnn(C)c1.O=C(O)C(F)(F)F.O=C(O)C(F)(F)F. The largest absolute Gasteiger partial charge is 0.490 e.